The molecule has 1 saturated carbocycles. The number of imide groups is 1. The van der Waals surface area contributed by atoms with Crippen LogP contribution in [0.15, 0.2) is 18.2 Å². The average Bonchev–Trinajstić information content (AvgIpc) is 2.92. The normalized spacial score (nSPS) is 22.0. The molecule has 1 saturated heterocycles. The minimum absolute atomic E-state index is 0.0129. The first kappa shape index (κ1) is 17.3. The first-order valence-electron chi connectivity index (χ1n) is 9.87. The maximum Gasteiger partial charge on any atom is 0.261 e. The molecule has 0 N–H and O–H groups in total. The van der Waals surface area contributed by atoms with Crippen molar-refractivity contribution >= 4 is 17.7 Å². The molecule has 0 unspecified atom stereocenters. The van der Waals surface area contributed by atoms with Crippen molar-refractivity contribution in [3.63, 3.8) is 0 Å². The van der Waals surface area contributed by atoms with Crippen LogP contribution in [0.25, 0.3) is 0 Å². The van der Waals surface area contributed by atoms with E-state index in [1.807, 2.05) is 4.90 Å². The molecule has 1 aromatic rings. The topological polar surface area (TPSA) is 57.7 Å². The Bertz CT molecular complexity index is 744. The molecular formula is C21H26N2O3. The number of carbonyl (C=O) groups excluding carboxylic acids is 3. The number of piperidine rings is 1. The third-order valence-corrected chi connectivity index (χ3v) is 6.18. The van der Waals surface area contributed by atoms with Gasteiger partial charge in [-0.2, -0.15) is 0 Å². The fourth-order valence-electron chi connectivity index (χ4n) is 4.46. The van der Waals surface area contributed by atoms with Gasteiger partial charge in [0.05, 0.1) is 11.1 Å². The Morgan fingerprint density at radius 2 is 1.58 bits per heavy atom. The van der Waals surface area contributed by atoms with E-state index in [4.69, 9.17) is 0 Å². The lowest BCUT2D eigenvalue weighted by atomic mass is 9.94. The van der Waals surface area contributed by atoms with Gasteiger partial charge in [-0.15, -0.1) is 0 Å². The van der Waals surface area contributed by atoms with Crippen LogP contribution < -0.4 is 0 Å². The first-order valence-corrected chi connectivity index (χ1v) is 9.87. The van der Waals surface area contributed by atoms with E-state index in [1.165, 1.54) is 11.3 Å². The quantitative estimate of drug-likeness (QED) is 0.764. The Balaban J connectivity index is 1.56. The maximum atomic E-state index is 12.9. The number of nitrogens with zero attached hydrogens (tertiary/aromatic N) is 2. The number of benzene rings is 1. The predicted octanol–water partition coefficient (Wildman–Crippen LogP) is 3.49. The molecule has 2 heterocycles. The van der Waals surface area contributed by atoms with E-state index in [1.54, 1.807) is 18.2 Å². The van der Waals surface area contributed by atoms with Crippen LogP contribution in [0.3, 0.4) is 0 Å². The zero-order valence-electron chi connectivity index (χ0n) is 15.4. The number of carbonyl (C=O) groups is 3. The van der Waals surface area contributed by atoms with Gasteiger partial charge in [0.15, 0.2) is 0 Å². The molecule has 5 nitrogen and oxygen atoms in total. The summed E-state index contributed by atoms with van der Waals surface area (Å²) < 4.78 is 0. The lowest BCUT2D eigenvalue weighted by Crippen LogP contribution is -2.40. The Hall–Kier alpha value is -2.17. The molecule has 3 amide bonds. The van der Waals surface area contributed by atoms with Gasteiger partial charge in [0.25, 0.3) is 17.7 Å². The minimum atomic E-state index is -0.223. The van der Waals surface area contributed by atoms with Crippen LogP contribution in [0.4, 0.5) is 0 Å². The summed E-state index contributed by atoms with van der Waals surface area (Å²) in [6.07, 6.45) is 7.12. The summed E-state index contributed by atoms with van der Waals surface area (Å²) in [6, 6.07) is 5.02. The number of fused-ring (bicyclic) bond motifs is 1. The van der Waals surface area contributed by atoms with E-state index in [2.05, 4.69) is 6.92 Å². The van der Waals surface area contributed by atoms with Gasteiger partial charge in [0.2, 0.25) is 0 Å². The minimum Gasteiger partial charge on any atom is -0.339 e. The highest BCUT2D eigenvalue weighted by Crippen LogP contribution is 2.31. The molecule has 0 aromatic heterocycles. The molecule has 0 radical (unpaired) electrons. The van der Waals surface area contributed by atoms with Crippen molar-refractivity contribution < 1.29 is 14.4 Å². The molecule has 0 atom stereocenters. The summed E-state index contributed by atoms with van der Waals surface area (Å²) in [5.41, 5.74) is 1.37. The molecule has 4 rings (SSSR count). The van der Waals surface area contributed by atoms with Crippen molar-refractivity contribution in [1.82, 2.24) is 9.80 Å². The summed E-state index contributed by atoms with van der Waals surface area (Å²) >= 11 is 0. The van der Waals surface area contributed by atoms with Gasteiger partial charge in [-0.3, -0.25) is 19.3 Å². The molecule has 5 heteroatoms. The second-order valence-electron chi connectivity index (χ2n) is 8.01. The lowest BCUT2D eigenvalue weighted by Gasteiger charge is -2.30. The molecule has 3 aliphatic rings. The van der Waals surface area contributed by atoms with Crippen LogP contribution in [-0.2, 0) is 0 Å². The second kappa shape index (κ2) is 6.86. The third-order valence-electron chi connectivity index (χ3n) is 6.18. The van der Waals surface area contributed by atoms with Crippen molar-refractivity contribution in [1.29, 1.82) is 0 Å². The van der Waals surface area contributed by atoms with E-state index >= 15 is 0 Å². The molecule has 1 aromatic carbocycles. The molecule has 0 bridgehead atoms. The molecule has 0 spiro atoms. The third kappa shape index (κ3) is 2.93. The lowest BCUT2D eigenvalue weighted by molar-refractivity contribution is 0.0548. The van der Waals surface area contributed by atoms with Crippen molar-refractivity contribution in [3.8, 4) is 0 Å². The van der Waals surface area contributed by atoms with Gasteiger partial charge < -0.3 is 4.90 Å². The van der Waals surface area contributed by atoms with Crippen LogP contribution in [0.5, 0.6) is 0 Å². The number of hydrogen-bond donors (Lipinski definition) is 0. The standard InChI is InChI=1S/C21H26N2O3/c1-14-9-11-22(12-10-14)19(24)15-7-8-17-18(13-15)21(26)23(20(17)25)16-5-3-2-4-6-16/h7-8,13-14,16H,2-6,9-12H2,1H3. The molecule has 1 aliphatic carbocycles. The average molecular weight is 354 g/mol. The summed E-state index contributed by atoms with van der Waals surface area (Å²) in [6.45, 7) is 3.73. The highest BCUT2D eigenvalue weighted by molar-refractivity contribution is 6.22. The van der Waals surface area contributed by atoms with E-state index < -0.39 is 0 Å². The zero-order valence-corrected chi connectivity index (χ0v) is 15.4. The first-order chi connectivity index (χ1) is 12.6. The predicted molar refractivity (Wildman–Crippen MR) is 98.1 cm³/mol. The molecule has 2 fully saturated rings. The van der Waals surface area contributed by atoms with Gasteiger partial charge >= 0.3 is 0 Å². The Labute approximate surface area is 154 Å². The van der Waals surface area contributed by atoms with Crippen LogP contribution in [0, 0.1) is 5.92 Å². The van der Waals surface area contributed by atoms with Gasteiger partial charge in [0, 0.05) is 24.7 Å². The van der Waals surface area contributed by atoms with Gasteiger partial charge in [0.1, 0.15) is 0 Å². The van der Waals surface area contributed by atoms with Crippen molar-refractivity contribution in [3.05, 3.63) is 34.9 Å². The van der Waals surface area contributed by atoms with Crippen LogP contribution in [0.1, 0.15) is 82.9 Å². The van der Waals surface area contributed by atoms with Crippen LogP contribution in [0.2, 0.25) is 0 Å². The zero-order chi connectivity index (χ0) is 18.3. The van der Waals surface area contributed by atoms with Crippen LogP contribution in [-0.4, -0.2) is 46.7 Å². The fraction of sp³-hybridized carbons (Fsp3) is 0.571. The summed E-state index contributed by atoms with van der Waals surface area (Å²) in [5, 5.41) is 0. The maximum absolute atomic E-state index is 12.9. The SMILES string of the molecule is CC1CCN(C(=O)c2ccc3c(c2)C(=O)N(C2CCCCC2)C3=O)CC1. The number of likely N-dealkylation sites (tertiary alicyclic amines) is 1. The second-order valence-corrected chi connectivity index (χ2v) is 8.01. The summed E-state index contributed by atoms with van der Waals surface area (Å²) in [4.78, 5) is 41.7. The van der Waals surface area contributed by atoms with E-state index in [0.29, 0.717) is 22.6 Å². The Morgan fingerprint density at radius 3 is 2.27 bits per heavy atom. The largest absolute Gasteiger partial charge is 0.339 e. The Kier molecular flexibility index (Phi) is 4.55. The molecule has 138 valence electrons. The van der Waals surface area contributed by atoms with Gasteiger partial charge in [-0.25, -0.2) is 0 Å². The molecular weight excluding hydrogens is 328 g/mol. The van der Waals surface area contributed by atoms with Crippen molar-refractivity contribution in [2.24, 2.45) is 5.92 Å². The smallest absolute Gasteiger partial charge is 0.261 e. The molecule has 2 aliphatic heterocycles. The van der Waals surface area contributed by atoms with E-state index in [-0.39, 0.29) is 23.8 Å². The monoisotopic (exact) mass is 354 g/mol. The number of rotatable bonds is 2. The Morgan fingerprint density at radius 1 is 0.923 bits per heavy atom. The van der Waals surface area contributed by atoms with Gasteiger partial charge in [-0.1, -0.05) is 26.2 Å². The van der Waals surface area contributed by atoms with Gasteiger partial charge in [-0.05, 0) is 49.8 Å². The van der Waals surface area contributed by atoms with Crippen molar-refractivity contribution in [2.45, 2.75) is 57.9 Å². The highest BCUT2D eigenvalue weighted by atomic mass is 16.2. The number of hydrogen-bond acceptors (Lipinski definition) is 3. The van der Waals surface area contributed by atoms with Crippen molar-refractivity contribution in [2.75, 3.05) is 13.1 Å². The molecule has 26 heavy (non-hydrogen) atoms. The summed E-state index contributed by atoms with van der Waals surface area (Å²) in [7, 11) is 0. The van der Waals surface area contributed by atoms with E-state index in [9.17, 15) is 14.4 Å². The summed E-state index contributed by atoms with van der Waals surface area (Å²) in [5.74, 6) is 0.208. The highest BCUT2D eigenvalue weighted by Gasteiger charge is 2.40. The van der Waals surface area contributed by atoms with Crippen LogP contribution >= 0.6 is 0 Å². The number of amides is 3. The fourth-order valence-corrected chi connectivity index (χ4v) is 4.46. The van der Waals surface area contributed by atoms with E-state index in [0.717, 1.165) is 51.6 Å².